The van der Waals surface area contributed by atoms with E-state index in [0.29, 0.717) is 18.5 Å². The van der Waals surface area contributed by atoms with Gasteiger partial charge < -0.3 is 5.32 Å². The van der Waals surface area contributed by atoms with Crippen LogP contribution in [0.4, 0.5) is 10.1 Å². The van der Waals surface area contributed by atoms with Crippen LogP contribution in [-0.2, 0) is 9.59 Å². The highest BCUT2D eigenvalue weighted by Crippen LogP contribution is 2.07. The number of nitrogens with zero attached hydrogens (tertiary/aromatic N) is 1. The Balaban J connectivity index is 2.56. The van der Waals surface area contributed by atoms with Gasteiger partial charge in [0.15, 0.2) is 0 Å². The Bertz CT molecular complexity index is 477. The van der Waals surface area contributed by atoms with Crippen molar-refractivity contribution in [1.29, 1.82) is 0 Å². The van der Waals surface area contributed by atoms with Crippen LogP contribution in [0, 0.1) is 5.82 Å². The summed E-state index contributed by atoms with van der Waals surface area (Å²) in [6, 6.07) is 5.12. The van der Waals surface area contributed by atoms with Crippen LogP contribution in [0.1, 0.15) is 26.7 Å². The molecule has 0 aliphatic rings. The molecule has 102 valence electrons. The maximum atomic E-state index is 12.7. The molecule has 1 aromatic carbocycles. The maximum Gasteiger partial charge on any atom is 0.329 e. The number of hydrogen-bond donors (Lipinski definition) is 2. The molecule has 1 rings (SSSR count). The van der Waals surface area contributed by atoms with Crippen molar-refractivity contribution < 1.29 is 14.0 Å². The van der Waals surface area contributed by atoms with Gasteiger partial charge in [-0.25, -0.2) is 9.82 Å². The Morgan fingerprint density at radius 3 is 2.21 bits per heavy atom. The zero-order chi connectivity index (χ0) is 14.3. The van der Waals surface area contributed by atoms with Gasteiger partial charge in [-0.2, -0.15) is 5.10 Å². The molecule has 0 heterocycles. The minimum absolute atomic E-state index is 0.344. The summed E-state index contributed by atoms with van der Waals surface area (Å²) in [5.74, 6) is -2.12. The number of amides is 2. The first-order chi connectivity index (χ1) is 9.06. The summed E-state index contributed by atoms with van der Waals surface area (Å²) in [4.78, 5) is 22.9. The molecule has 19 heavy (non-hydrogen) atoms. The van der Waals surface area contributed by atoms with E-state index in [9.17, 15) is 14.0 Å². The van der Waals surface area contributed by atoms with Gasteiger partial charge in [-0.3, -0.25) is 9.59 Å². The number of benzene rings is 1. The summed E-state index contributed by atoms with van der Waals surface area (Å²) < 4.78 is 12.7. The van der Waals surface area contributed by atoms with Crippen LogP contribution in [-0.4, -0.2) is 17.5 Å². The standard InChI is InChI=1S/C13H16FN3O2/c1-3-10(4-2)16-17-13(19)12(18)15-11-7-5-9(14)6-8-11/h5-8H,3-4H2,1-2H3,(H,15,18)(H,17,19). The summed E-state index contributed by atoms with van der Waals surface area (Å²) in [5, 5.41) is 6.18. The molecule has 2 N–H and O–H groups in total. The third-order valence-corrected chi connectivity index (χ3v) is 2.44. The Labute approximate surface area is 110 Å². The van der Waals surface area contributed by atoms with E-state index in [2.05, 4.69) is 15.8 Å². The van der Waals surface area contributed by atoms with Gasteiger partial charge in [0.2, 0.25) is 0 Å². The summed E-state index contributed by atoms with van der Waals surface area (Å²) in [6.07, 6.45) is 1.41. The van der Waals surface area contributed by atoms with Crippen molar-refractivity contribution >= 4 is 23.2 Å². The Kier molecular flexibility index (Phi) is 5.66. The van der Waals surface area contributed by atoms with Crippen LogP contribution in [0.3, 0.4) is 0 Å². The predicted molar refractivity (Wildman–Crippen MR) is 71.2 cm³/mol. The second-order valence-electron chi connectivity index (χ2n) is 3.79. The van der Waals surface area contributed by atoms with Crippen molar-refractivity contribution in [2.45, 2.75) is 26.7 Å². The van der Waals surface area contributed by atoms with E-state index in [0.717, 1.165) is 5.71 Å². The van der Waals surface area contributed by atoms with Crippen LogP contribution in [0.15, 0.2) is 29.4 Å². The van der Waals surface area contributed by atoms with Crippen LogP contribution >= 0.6 is 0 Å². The summed E-state index contributed by atoms with van der Waals surface area (Å²) in [6.45, 7) is 3.82. The van der Waals surface area contributed by atoms with E-state index >= 15 is 0 Å². The Hall–Kier alpha value is -2.24. The smallest absolute Gasteiger partial charge is 0.318 e. The normalized spacial score (nSPS) is 9.63. The van der Waals surface area contributed by atoms with Crippen molar-refractivity contribution in [3.05, 3.63) is 30.1 Å². The molecule has 0 aromatic heterocycles. The van der Waals surface area contributed by atoms with Crippen LogP contribution in [0.5, 0.6) is 0 Å². The fraction of sp³-hybridized carbons (Fsp3) is 0.308. The van der Waals surface area contributed by atoms with E-state index in [4.69, 9.17) is 0 Å². The van der Waals surface area contributed by atoms with Crippen LogP contribution in [0.25, 0.3) is 0 Å². The fourth-order valence-electron chi connectivity index (χ4n) is 1.31. The average molecular weight is 265 g/mol. The highest BCUT2D eigenvalue weighted by atomic mass is 19.1. The monoisotopic (exact) mass is 265 g/mol. The molecule has 0 fully saturated rings. The lowest BCUT2D eigenvalue weighted by Gasteiger charge is -2.04. The van der Waals surface area contributed by atoms with Gasteiger partial charge in [-0.05, 0) is 37.1 Å². The minimum atomic E-state index is -0.858. The second-order valence-corrected chi connectivity index (χ2v) is 3.79. The molecule has 0 saturated carbocycles. The van der Waals surface area contributed by atoms with Crippen molar-refractivity contribution in [3.8, 4) is 0 Å². The lowest BCUT2D eigenvalue weighted by molar-refractivity contribution is -0.136. The highest BCUT2D eigenvalue weighted by Gasteiger charge is 2.13. The van der Waals surface area contributed by atoms with Gasteiger partial charge in [0.25, 0.3) is 0 Å². The molecule has 0 atom stereocenters. The molecule has 0 aliphatic heterocycles. The first-order valence-electron chi connectivity index (χ1n) is 5.99. The molecule has 0 spiro atoms. The maximum absolute atomic E-state index is 12.7. The molecule has 6 heteroatoms. The number of halogens is 1. The van der Waals surface area contributed by atoms with Gasteiger partial charge in [0, 0.05) is 11.4 Å². The third-order valence-electron chi connectivity index (χ3n) is 2.44. The second kappa shape index (κ2) is 7.25. The van der Waals surface area contributed by atoms with E-state index in [1.165, 1.54) is 24.3 Å². The molecule has 2 amide bonds. The van der Waals surface area contributed by atoms with Gasteiger partial charge in [-0.1, -0.05) is 13.8 Å². The lowest BCUT2D eigenvalue weighted by Crippen LogP contribution is -2.33. The van der Waals surface area contributed by atoms with Crippen LogP contribution in [0.2, 0.25) is 0 Å². The molecular weight excluding hydrogens is 249 g/mol. The number of nitrogens with one attached hydrogen (secondary N) is 2. The zero-order valence-electron chi connectivity index (χ0n) is 10.9. The molecule has 5 nitrogen and oxygen atoms in total. The van der Waals surface area contributed by atoms with Crippen molar-refractivity contribution in [2.75, 3.05) is 5.32 Å². The van der Waals surface area contributed by atoms with E-state index < -0.39 is 17.6 Å². The molecule has 0 saturated heterocycles. The molecule has 0 aliphatic carbocycles. The van der Waals surface area contributed by atoms with Crippen LogP contribution < -0.4 is 10.7 Å². The van der Waals surface area contributed by atoms with Crippen molar-refractivity contribution in [3.63, 3.8) is 0 Å². The summed E-state index contributed by atoms with van der Waals surface area (Å²) in [5.41, 5.74) is 3.32. The lowest BCUT2D eigenvalue weighted by atomic mass is 10.2. The van der Waals surface area contributed by atoms with Crippen molar-refractivity contribution in [2.24, 2.45) is 5.10 Å². The number of carbonyl (C=O) groups excluding carboxylic acids is 2. The zero-order valence-corrected chi connectivity index (χ0v) is 10.9. The first kappa shape index (κ1) is 14.8. The van der Waals surface area contributed by atoms with Gasteiger partial charge in [-0.15, -0.1) is 0 Å². The van der Waals surface area contributed by atoms with Gasteiger partial charge >= 0.3 is 11.8 Å². The fourth-order valence-corrected chi connectivity index (χ4v) is 1.31. The third kappa shape index (κ3) is 4.87. The summed E-state index contributed by atoms with van der Waals surface area (Å²) in [7, 11) is 0. The average Bonchev–Trinajstić information content (AvgIpc) is 2.42. The Morgan fingerprint density at radius 2 is 1.68 bits per heavy atom. The highest BCUT2D eigenvalue weighted by molar-refractivity contribution is 6.39. The quantitative estimate of drug-likeness (QED) is 0.497. The van der Waals surface area contributed by atoms with E-state index in [-0.39, 0.29) is 0 Å². The number of anilines is 1. The number of carbonyl (C=O) groups is 2. The van der Waals surface area contributed by atoms with Gasteiger partial charge in [0.1, 0.15) is 5.82 Å². The molecular formula is C13H16FN3O2. The van der Waals surface area contributed by atoms with Gasteiger partial charge in [0.05, 0.1) is 0 Å². The molecule has 0 unspecified atom stereocenters. The Morgan fingerprint density at radius 1 is 1.11 bits per heavy atom. The van der Waals surface area contributed by atoms with E-state index in [1.54, 1.807) is 0 Å². The topological polar surface area (TPSA) is 70.6 Å². The number of hydrogen-bond acceptors (Lipinski definition) is 3. The number of rotatable bonds is 4. The van der Waals surface area contributed by atoms with Crippen molar-refractivity contribution in [1.82, 2.24) is 5.43 Å². The minimum Gasteiger partial charge on any atom is -0.318 e. The molecule has 1 aromatic rings. The molecule has 0 bridgehead atoms. The van der Waals surface area contributed by atoms with E-state index in [1.807, 2.05) is 13.8 Å². The predicted octanol–water partition coefficient (Wildman–Crippen LogP) is 2.06. The largest absolute Gasteiger partial charge is 0.329 e. The summed E-state index contributed by atoms with van der Waals surface area (Å²) >= 11 is 0. The number of hydrazone groups is 1. The first-order valence-corrected chi connectivity index (χ1v) is 5.99. The molecule has 0 radical (unpaired) electrons. The SMILES string of the molecule is CCC(CC)=NNC(=O)C(=O)Nc1ccc(F)cc1.